The average molecular weight is 391 g/mol. The maximum absolute atomic E-state index is 12.6. The summed E-state index contributed by atoms with van der Waals surface area (Å²) in [5.41, 5.74) is 1.38. The first-order valence-electron chi connectivity index (χ1n) is 10.0. The smallest absolute Gasteiger partial charge is 0.255 e. The molecule has 1 aromatic heterocycles. The van der Waals surface area contributed by atoms with Gasteiger partial charge in [-0.15, -0.1) is 0 Å². The lowest BCUT2D eigenvalue weighted by molar-refractivity contribution is -0.127. The van der Waals surface area contributed by atoms with Crippen LogP contribution in [0.5, 0.6) is 0 Å². The Morgan fingerprint density at radius 2 is 1.83 bits per heavy atom. The monoisotopic (exact) mass is 391 g/mol. The number of pyridine rings is 1. The molecule has 1 aromatic carbocycles. The predicted octanol–water partition coefficient (Wildman–Crippen LogP) is 2.54. The summed E-state index contributed by atoms with van der Waals surface area (Å²) >= 11 is 0. The van der Waals surface area contributed by atoms with Gasteiger partial charge in [0.05, 0.1) is 5.56 Å². The van der Waals surface area contributed by atoms with Crippen LogP contribution in [0.2, 0.25) is 0 Å². The van der Waals surface area contributed by atoms with Gasteiger partial charge in [-0.1, -0.05) is 42.5 Å². The molecule has 2 saturated heterocycles. The third-order valence-corrected chi connectivity index (χ3v) is 5.98. The number of benzene rings is 1. The Hall–Kier alpha value is -3.15. The minimum atomic E-state index is -0.218. The molecule has 1 N–H and O–H groups in total. The highest BCUT2D eigenvalue weighted by Crippen LogP contribution is 2.41. The zero-order valence-electron chi connectivity index (χ0n) is 16.3. The molecule has 1 spiro atoms. The number of nitrogens with zero attached hydrogens (tertiary/aromatic N) is 2. The second kappa shape index (κ2) is 8.07. The summed E-state index contributed by atoms with van der Waals surface area (Å²) in [4.78, 5) is 42.7. The fourth-order valence-corrected chi connectivity index (χ4v) is 4.27. The van der Waals surface area contributed by atoms with E-state index in [1.807, 2.05) is 52.3 Å². The molecule has 0 saturated carbocycles. The number of nitrogens with one attached hydrogen (secondary N) is 1. The molecule has 2 aromatic rings. The number of hydrogen-bond acceptors (Lipinski definition) is 3. The zero-order valence-corrected chi connectivity index (χ0v) is 16.3. The molecule has 2 fully saturated rings. The quantitative estimate of drug-likeness (QED) is 0.871. The Kier molecular flexibility index (Phi) is 5.34. The summed E-state index contributed by atoms with van der Waals surface area (Å²) in [5.74, 6) is 0.131. The molecule has 0 unspecified atom stereocenters. The zero-order chi connectivity index (χ0) is 20.3. The molecule has 2 aliphatic rings. The Balaban J connectivity index is 1.33. The number of carbonyl (C=O) groups excluding carboxylic acids is 2. The van der Waals surface area contributed by atoms with E-state index in [0.717, 1.165) is 24.9 Å². The number of piperidine rings is 1. The molecular formula is C23H25N3O3. The maximum Gasteiger partial charge on any atom is 0.255 e. The van der Waals surface area contributed by atoms with Gasteiger partial charge in [0, 0.05) is 50.3 Å². The molecule has 6 heteroatoms. The number of hydrogen-bond donors (Lipinski definition) is 1. The van der Waals surface area contributed by atoms with E-state index in [1.54, 1.807) is 6.07 Å². The van der Waals surface area contributed by atoms with E-state index >= 15 is 0 Å². The second-order valence-electron chi connectivity index (χ2n) is 8.00. The van der Waals surface area contributed by atoms with Crippen LogP contribution in [-0.2, 0) is 4.79 Å². The molecule has 150 valence electrons. The summed E-state index contributed by atoms with van der Waals surface area (Å²) in [6, 6.07) is 13.0. The first-order valence-corrected chi connectivity index (χ1v) is 10.0. The SMILES string of the molecule is O=C1CC2(CCN(C(=O)c3ccc(=O)[nH]c3)CC2)CN1C/C=C/c1ccccc1. The van der Waals surface area contributed by atoms with Crippen LogP contribution < -0.4 is 5.56 Å². The number of H-pyrrole nitrogens is 1. The van der Waals surface area contributed by atoms with Crippen molar-refractivity contribution in [1.82, 2.24) is 14.8 Å². The van der Waals surface area contributed by atoms with Crippen LogP contribution in [0.15, 0.2) is 59.5 Å². The maximum atomic E-state index is 12.6. The molecule has 4 rings (SSSR count). The third kappa shape index (κ3) is 4.31. The second-order valence-corrected chi connectivity index (χ2v) is 8.00. The van der Waals surface area contributed by atoms with Crippen LogP contribution >= 0.6 is 0 Å². The summed E-state index contributed by atoms with van der Waals surface area (Å²) in [7, 11) is 0. The predicted molar refractivity (Wildman–Crippen MR) is 111 cm³/mol. The molecule has 0 atom stereocenters. The van der Waals surface area contributed by atoms with Gasteiger partial charge in [0.2, 0.25) is 11.5 Å². The molecule has 0 aliphatic carbocycles. The van der Waals surface area contributed by atoms with Crippen molar-refractivity contribution >= 4 is 17.9 Å². The lowest BCUT2D eigenvalue weighted by Crippen LogP contribution is -2.44. The van der Waals surface area contributed by atoms with Crippen LogP contribution in [0.4, 0.5) is 0 Å². The summed E-state index contributed by atoms with van der Waals surface area (Å²) < 4.78 is 0. The normalized spacial score (nSPS) is 18.7. The minimum absolute atomic E-state index is 0.0283. The molecule has 3 heterocycles. The number of rotatable bonds is 4. The molecule has 2 amide bonds. The van der Waals surface area contributed by atoms with Crippen molar-refractivity contribution in [3.63, 3.8) is 0 Å². The highest BCUT2D eigenvalue weighted by atomic mass is 16.2. The van der Waals surface area contributed by atoms with Gasteiger partial charge < -0.3 is 14.8 Å². The van der Waals surface area contributed by atoms with E-state index in [2.05, 4.69) is 4.98 Å². The van der Waals surface area contributed by atoms with E-state index in [-0.39, 0.29) is 22.8 Å². The van der Waals surface area contributed by atoms with Crippen LogP contribution in [0, 0.1) is 5.41 Å². The van der Waals surface area contributed by atoms with Crippen molar-refractivity contribution < 1.29 is 9.59 Å². The molecular weight excluding hydrogens is 366 g/mol. The lowest BCUT2D eigenvalue weighted by atomic mass is 9.77. The van der Waals surface area contributed by atoms with Crippen molar-refractivity contribution in [3.8, 4) is 0 Å². The Morgan fingerprint density at radius 3 is 2.52 bits per heavy atom. The largest absolute Gasteiger partial charge is 0.339 e. The molecule has 0 radical (unpaired) electrons. The molecule has 2 aliphatic heterocycles. The van der Waals surface area contributed by atoms with Gasteiger partial charge in [-0.2, -0.15) is 0 Å². The van der Waals surface area contributed by atoms with E-state index in [0.29, 0.717) is 31.6 Å². The van der Waals surface area contributed by atoms with Crippen LogP contribution in [0.25, 0.3) is 6.08 Å². The van der Waals surface area contributed by atoms with Gasteiger partial charge in [0.15, 0.2) is 0 Å². The van der Waals surface area contributed by atoms with E-state index < -0.39 is 0 Å². The standard InChI is InChI=1S/C23H25N3O3/c27-20-9-8-19(16-24-20)22(29)25-13-10-23(11-14-25)15-21(28)26(17-23)12-4-7-18-5-2-1-3-6-18/h1-9,16H,10-15,17H2,(H,24,27)/b7-4+. The van der Waals surface area contributed by atoms with E-state index in [9.17, 15) is 14.4 Å². The highest BCUT2D eigenvalue weighted by Gasteiger charge is 2.45. The Labute approximate surface area is 169 Å². The van der Waals surface area contributed by atoms with Gasteiger partial charge >= 0.3 is 0 Å². The fraction of sp³-hybridized carbons (Fsp3) is 0.348. The molecule has 6 nitrogen and oxygen atoms in total. The molecule has 0 bridgehead atoms. The third-order valence-electron chi connectivity index (χ3n) is 5.98. The average Bonchev–Trinajstić information content (AvgIpc) is 3.04. The van der Waals surface area contributed by atoms with Gasteiger partial charge in [0.25, 0.3) is 5.91 Å². The van der Waals surface area contributed by atoms with Crippen LogP contribution in [0.1, 0.15) is 35.2 Å². The van der Waals surface area contributed by atoms with Crippen molar-refractivity contribution in [2.24, 2.45) is 5.41 Å². The summed E-state index contributed by atoms with van der Waals surface area (Å²) in [6.07, 6.45) is 7.77. The number of aromatic nitrogens is 1. The number of amides is 2. The first-order chi connectivity index (χ1) is 14.0. The Morgan fingerprint density at radius 1 is 1.07 bits per heavy atom. The van der Waals surface area contributed by atoms with Crippen molar-refractivity contribution in [1.29, 1.82) is 0 Å². The van der Waals surface area contributed by atoms with E-state index in [4.69, 9.17) is 0 Å². The lowest BCUT2D eigenvalue weighted by Gasteiger charge is -2.38. The highest BCUT2D eigenvalue weighted by molar-refractivity contribution is 5.94. The van der Waals surface area contributed by atoms with Crippen LogP contribution in [-0.4, -0.2) is 52.8 Å². The topological polar surface area (TPSA) is 73.5 Å². The van der Waals surface area contributed by atoms with E-state index in [1.165, 1.54) is 12.3 Å². The van der Waals surface area contributed by atoms with Crippen molar-refractivity contribution in [2.75, 3.05) is 26.2 Å². The Bertz CT molecular complexity index is 952. The minimum Gasteiger partial charge on any atom is -0.339 e. The van der Waals surface area contributed by atoms with Gasteiger partial charge in [-0.25, -0.2) is 0 Å². The fourth-order valence-electron chi connectivity index (χ4n) is 4.27. The van der Waals surface area contributed by atoms with Gasteiger partial charge in [-0.3, -0.25) is 14.4 Å². The van der Waals surface area contributed by atoms with Gasteiger partial charge in [0.1, 0.15) is 0 Å². The number of aromatic amines is 1. The molecule has 29 heavy (non-hydrogen) atoms. The number of carbonyl (C=O) groups is 2. The number of likely N-dealkylation sites (tertiary alicyclic amines) is 2. The first kappa shape index (κ1) is 19.2. The van der Waals surface area contributed by atoms with Crippen molar-refractivity contribution in [2.45, 2.75) is 19.3 Å². The van der Waals surface area contributed by atoms with Crippen molar-refractivity contribution in [3.05, 3.63) is 76.2 Å². The van der Waals surface area contributed by atoms with Crippen LogP contribution in [0.3, 0.4) is 0 Å². The summed E-state index contributed by atoms with van der Waals surface area (Å²) in [5, 5.41) is 0. The summed E-state index contributed by atoms with van der Waals surface area (Å²) in [6.45, 7) is 2.65. The van der Waals surface area contributed by atoms with Gasteiger partial charge in [-0.05, 0) is 24.5 Å².